The van der Waals surface area contributed by atoms with E-state index in [-0.39, 0.29) is 18.3 Å². The van der Waals surface area contributed by atoms with Crippen LogP contribution in [0.2, 0.25) is 0 Å². The van der Waals surface area contributed by atoms with Crippen molar-refractivity contribution in [2.45, 2.75) is 39.5 Å². The van der Waals surface area contributed by atoms with Crippen LogP contribution >= 0.6 is 0 Å². The highest BCUT2D eigenvalue weighted by molar-refractivity contribution is 6.64. The van der Waals surface area contributed by atoms with Gasteiger partial charge in [-0.05, 0) is 18.3 Å². The van der Waals surface area contributed by atoms with Crippen molar-refractivity contribution in [2.75, 3.05) is 0 Å². The SMILES string of the molecule is CCC1(CC)CC(=O)C(=O)C(=O)C1. The Bertz CT molecular complexity index is 239. The van der Waals surface area contributed by atoms with Crippen molar-refractivity contribution in [3.63, 3.8) is 0 Å². The zero-order chi connectivity index (χ0) is 10.1. The molecule has 72 valence electrons. The van der Waals surface area contributed by atoms with E-state index >= 15 is 0 Å². The van der Waals surface area contributed by atoms with Gasteiger partial charge in [-0.25, -0.2) is 0 Å². The molecule has 13 heavy (non-hydrogen) atoms. The molecule has 0 heterocycles. The minimum absolute atomic E-state index is 0.234. The van der Waals surface area contributed by atoms with Crippen LogP contribution in [0.25, 0.3) is 0 Å². The number of hydrogen-bond acceptors (Lipinski definition) is 3. The summed E-state index contributed by atoms with van der Waals surface area (Å²) in [6, 6.07) is 0. The lowest BCUT2D eigenvalue weighted by atomic mass is 9.69. The van der Waals surface area contributed by atoms with E-state index in [2.05, 4.69) is 0 Å². The highest BCUT2D eigenvalue weighted by Crippen LogP contribution is 2.37. The summed E-state index contributed by atoms with van der Waals surface area (Å²) in [5, 5.41) is 0. The Morgan fingerprint density at radius 1 is 1.00 bits per heavy atom. The molecular formula is C10H14O3. The van der Waals surface area contributed by atoms with Crippen LogP contribution in [-0.2, 0) is 14.4 Å². The van der Waals surface area contributed by atoms with Gasteiger partial charge >= 0.3 is 0 Å². The van der Waals surface area contributed by atoms with Crippen LogP contribution in [0, 0.1) is 5.41 Å². The molecule has 1 saturated carbocycles. The first kappa shape index (κ1) is 10.1. The highest BCUT2D eigenvalue weighted by Gasteiger charge is 2.41. The second-order valence-electron chi connectivity index (χ2n) is 3.74. The van der Waals surface area contributed by atoms with Gasteiger partial charge in [0.25, 0.3) is 5.78 Å². The molecule has 0 spiro atoms. The summed E-state index contributed by atoms with van der Waals surface area (Å²) in [4.78, 5) is 33.3. The van der Waals surface area contributed by atoms with E-state index in [0.29, 0.717) is 0 Å². The second-order valence-corrected chi connectivity index (χ2v) is 3.74. The van der Waals surface area contributed by atoms with Crippen molar-refractivity contribution < 1.29 is 14.4 Å². The van der Waals surface area contributed by atoms with Crippen molar-refractivity contribution in [1.29, 1.82) is 0 Å². The maximum Gasteiger partial charge on any atom is 0.264 e. The van der Waals surface area contributed by atoms with Crippen molar-refractivity contribution in [3.8, 4) is 0 Å². The predicted octanol–water partition coefficient (Wildman–Crippen LogP) is 1.29. The van der Waals surface area contributed by atoms with Gasteiger partial charge in [0, 0.05) is 12.8 Å². The molecular weight excluding hydrogens is 168 g/mol. The van der Waals surface area contributed by atoms with Crippen molar-refractivity contribution >= 4 is 17.3 Å². The van der Waals surface area contributed by atoms with Crippen LogP contribution in [-0.4, -0.2) is 17.3 Å². The van der Waals surface area contributed by atoms with Gasteiger partial charge < -0.3 is 0 Å². The van der Waals surface area contributed by atoms with Gasteiger partial charge in [0.1, 0.15) is 0 Å². The number of Topliss-reactive ketones (excluding diaryl/α,β-unsaturated/α-hetero) is 3. The van der Waals surface area contributed by atoms with Crippen molar-refractivity contribution in [2.24, 2.45) is 5.41 Å². The lowest BCUT2D eigenvalue weighted by molar-refractivity contribution is -0.149. The number of carbonyl (C=O) groups is 3. The molecule has 0 aromatic heterocycles. The van der Waals surface area contributed by atoms with Gasteiger partial charge in [-0.2, -0.15) is 0 Å². The van der Waals surface area contributed by atoms with Crippen molar-refractivity contribution in [3.05, 3.63) is 0 Å². The van der Waals surface area contributed by atoms with E-state index in [1.807, 2.05) is 13.8 Å². The van der Waals surface area contributed by atoms with Gasteiger partial charge in [0.2, 0.25) is 11.6 Å². The molecule has 1 rings (SSSR count). The molecule has 1 fully saturated rings. The fraction of sp³-hybridized carbons (Fsp3) is 0.700. The maximum absolute atomic E-state index is 11.2. The molecule has 0 unspecified atom stereocenters. The number of hydrogen-bond donors (Lipinski definition) is 0. The number of ketones is 3. The fourth-order valence-electron chi connectivity index (χ4n) is 1.81. The first-order chi connectivity index (χ1) is 6.04. The molecule has 3 nitrogen and oxygen atoms in total. The quantitative estimate of drug-likeness (QED) is 0.605. The van der Waals surface area contributed by atoms with Crippen LogP contribution in [0.4, 0.5) is 0 Å². The smallest absolute Gasteiger partial charge is 0.264 e. The molecule has 0 aromatic carbocycles. The van der Waals surface area contributed by atoms with Crippen LogP contribution < -0.4 is 0 Å². The van der Waals surface area contributed by atoms with Gasteiger partial charge in [-0.3, -0.25) is 14.4 Å². The normalized spacial score (nSPS) is 22.2. The Kier molecular flexibility index (Phi) is 2.64. The maximum atomic E-state index is 11.2. The van der Waals surface area contributed by atoms with E-state index < -0.39 is 17.3 Å². The summed E-state index contributed by atoms with van der Waals surface area (Å²) in [5.41, 5.74) is -0.234. The molecule has 1 aliphatic rings. The Morgan fingerprint density at radius 2 is 1.38 bits per heavy atom. The minimum atomic E-state index is -0.794. The van der Waals surface area contributed by atoms with Gasteiger partial charge in [0.15, 0.2) is 0 Å². The molecule has 0 aromatic rings. The number of carbonyl (C=O) groups excluding carboxylic acids is 3. The molecule has 0 aliphatic heterocycles. The van der Waals surface area contributed by atoms with E-state index in [1.165, 1.54) is 0 Å². The first-order valence-corrected chi connectivity index (χ1v) is 4.65. The van der Waals surface area contributed by atoms with Crippen LogP contribution in [0.5, 0.6) is 0 Å². The Labute approximate surface area is 77.5 Å². The minimum Gasteiger partial charge on any atom is -0.290 e. The Hall–Kier alpha value is -0.990. The average molecular weight is 182 g/mol. The van der Waals surface area contributed by atoms with E-state index in [9.17, 15) is 14.4 Å². The first-order valence-electron chi connectivity index (χ1n) is 4.65. The summed E-state index contributed by atoms with van der Waals surface area (Å²) in [5.74, 6) is -1.79. The van der Waals surface area contributed by atoms with Gasteiger partial charge in [-0.1, -0.05) is 13.8 Å². The van der Waals surface area contributed by atoms with Crippen LogP contribution in [0.1, 0.15) is 39.5 Å². The molecule has 3 heteroatoms. The fourth-order valence-corrected chi connectivity index (χ4v) is 1.81. The molecule has 0 radical (unpaired) electrons. The topological polar surface area (TPSA) is 51.2 Å². The van der Waals surface area contributed by atoms with Crippen LogP contribution in [0.3, 0.4) is 0 Å². The zero-order valence-electron chi connectivity index (χ0n) is 8.05. The molecule has 0 amide bonds. The molecule has 0 saturated heterocycles. The third-order valence-electron chi connectivity index (χ3n) is 3.08. The summed E-state index contributed by atoms with van der Waals surface area (Å²) in [6.07, 6.45) is 2.08. The van der Waals surface area contributed by atoms with Crippen molar-refractivity contribution in [1.82, 2.24) is 0 Å². The summed E-state index contributed by atoms with van der Waals surface area (Å²) >= 11 is 0. The molecule has 1 aliphatic carbocycles. The average Bonchev–Trinajstić information content (AvgIpc) is 2.13. The van der Waals surface area contributed by atoms with E-state index in [0.717, 1.165) is 12.8 Å². The second kappa shape index (κ2) is 3.40. The monoisotopic (exact) mass is 182 g/mol. The summed E-state index contributed by atoms with van der Waals surface area (Å²) in [7, 11) is 0. The van der Waals surface area contributed by atoms with E-state index in [4.69, 9.17) is 0 Å². The van der Waals surface area contributed by atoms with Crippen LogP contribution in [0.15, 0.2) is 0 Å². The Morgan fingerprint density at radius 3 is 1.69 bits per heavy atom. The summed E-state index contributed by atoms with van der Waals surface area (Å²) in [6.45, 7) is 3.92. The predicted molar refractivity (Wildman–Crippen MR) is 47.3 cm³/mol. The highest BCUT2D eigenvalue weighted by atomic mass is 16.2. The number of rotatable bonds is 2. The lowest BCUT2D eigenvalue weighted by Gasteiger charge is -2.32. The molecule has 0 N–H and O–H groups in total. The van der Waals surface area contributed by atoms with Gasteiger partial charge in [0.05, 0.1) is 0 Å². The molecule has 0 bridgehead atoms. The van der Waals surface area contributed by atoms with E-state index in [1.54, 1.807) is 0 Å². The largest absolute Gasteiger partial charge is 0.290 e. The third kappa shape index (κ3) is 1.69. The van der Waals surface area contributed by atoms with Gasteiger partial charge in [-0.15, -0.1) is 0 Å². The lowest BCUT2D eigenvalue weighted by Crippen LogP contribution is -2.40. The zero-order valence-corrected chi connectivity index (χ0v) is 8.05. The Balaban J connectivity index is 2.90. The standard InChI is InChI=1S/C10H14O3/c1-3-10(4-2)5-7(11)9(13)8(12)6-10/h3-6H2,1-2H3. The molecule has 0 atom stereocenters. The summed E-state index contributed by atoms with van der Waals surface area (Å²) < 4.78 is 0. The third-order valence-corrected chi connectivity index (χ3v) is 3.08.